The zero-order valence-corrected chi connectivity index (χ0v) is 9.92. The van der Waals surface area contributed by atoms with E-state index >= 15 is 0 Å². The molecule has 0 fully saturated rings. The van der Waals surface area contributed by atoms with Crippen LogP contribution in [0.2, 0.25) is 0 Å². The minimum Gasteiger partial charge on any atom is -0.380 e. The van der Waals surface area contributed by atoms with Gasteiger partial charge < -0.3 is 5.32 Å². The predicted molar refractivity (Wildman–Crippen MR) is 59.5 cm³/mol. The second-order valence-corrected chi connectivity index (χ2v) is 3.85. The largest absolute Gasteiger partial charge is 0.380 e. The van der Waals surface area contributed by atoms with E-state index in [1.807, 2.05) is 0 Å². The minimum atomic E-state index is -1.68. The summed E-state index contributed by atoms with van der Waals surface area (Å²) in [6, 6.07) is 1.72. The van der Waals surface area contributed by atoms with Gasteiger partial charge in [-0.2, -0.15) is 27.6 Å². The lowest BCUT2D eigenvalue weighted by Crippen LogP contribution is -2.12. The smallest absolute Gasteiger partial charge is 0.253 e. The maximum atomic E-state index is 13.2. The molecule has 0 aromatic carbocycles. The van der Waals surface area contributed by atoms with Crippen molar-refractivity contribution in [1.82, 2.24) is 14.8 Å². The Morgan fingerprint density at radius 2 is 1.79 bits per heavy atom. The second-order valence-electron chi connectivity index (χ2n) is 3.85. The van der Waals surface area contributed by atoms with Crippen LogP contribution in [0.4, 0.5) is 23.2 Å². The van der Waals surface area contributed by atoms with Gasteiger partial charge in [0.25, 0.3) is 11.9 Å². The van der Waals surface area contributed by atoms with Crippen molar-refractivity contribution in [2.45, 2.75) is 6.42 Å². The van der Waals surface area contributed by atoms with Crippen LogP contribution in [0.5, 0.6) is 0 Å². The summed E-state index contributed by atoms with van der Waals surface area (Å²) in [5, 5.41) is 6.35. The fourth-order valence-corrected chi connectivity index (χ4v) is 1.55. The molecule has 4 nitrogen and oxygen atoms in total. The Hall–Kier alpha value is -2.12. The first-order chi connectivity index (χ1) is 8.99. The molecule has 0 saturated heterocycles. The van der Waals surface area contributed by atoms with Crippen molar-refractivity contribution in [1.29, 1.82) is 0 Å². The summed E-state index contributed by atoms with van der Waals surface area (Å²) >= 11 is 0. The number of pyridine rings is 1. The van der Waals surface area contributed by atoms with Gasteiger partial charge in [0, 0.05) is 26.2 Å². The van der Waals surface area contributed by atoms with Gasteiger partial charge in [-0.1, -0.05) is 0 Å². The number of rotatable bonds is 4. The van der Waals surface area contributed by atoms with Gasteiger partial charge >= 0.3 is 0 Å². The number of hydrogen-bond acceptors (Lipinski definition) is 3. The summed E-state index contributed by atoms with van der Waals surface area (Å²) in [4.78, 5) is 2.46. The Bertz CT molecular complexity index is 570. The van der Waals surface area contributed by atoms with E-state index in [9.17, 15) is 17.6 Å². The number of aromatic nitrogens is 3. The molecule has 0 aliphatic heterocycles. The monoisotopic (exact) mass is 274 g/mol. The van der Waals surface area contributed by atoms with E-state index in [0.29, 0.717) is 12.1 Å². The van der Waals surface area contributed by atoms with Gasteiger partial charge in [-0.05, 0) is 6.07 Å². The lowest BCUT2D eigenvalue weighted by Gasteiger charge is -2.08. The van der Waals surface area contributed by atoms with Crippen LogP contribution >= 0.6 is 0 Å². The van der Waals surface area contributed by atoms with Crippen LogP contribution in [0.15, 0.2) is 12.3 Å². The molecule has 0 unspecified atom stereocenters. The SMILES string of the molecule is Cn1ccc(CCNc2c(F)c(F)nc(F)c2F)n1. The third-order valence-corrected chi connectivity index (χ3v) is 2.45. The topological polar surface area (TPSA) is 42.7 Å². The van der Waals surface area contributed by atoms with Crippen molar-refractivity contribution in [3.63, 3.8) is 0 Å². The molecule has 0 spiro atoms. The summed E-state index contributed by atoms with van der Waals surface area (Å²) < 4.78 is 53.7. The Morgan fingerprint density at radius 1 is 1.16 bits per heavy atom. The average molecular weight is 274 g/mol. The molecule has 0 bridgehead atoms. The van der Waals surface area contributed by atoms with Gasteiger partial charge in [-0.25, -0.2) is 0 Å². The zero-order chi connectivity index (χ0) is 14.0. The molecule has 1 N–H and O–H groups in total. The van der Waals surface area contributed by atoms with Crippen LogP contribution in [0, 0.1) is 23.5 Å². The molecule has 0 amide bonds. The summed E-state index contributed by atoms with van der Waals surface area (Å²) in [5.41, 5.74) is -0.174. The number of halogens is 4. The Kier molecular flexibility index (Phi) is 3.68. The van der Waals surface area contributed by atoms with Crippen LogP contribution in [0.1, 0.15) is 5.69 Å². The quantitative estimate of drug-likeness (QED) is 0.685. The van der Waals surface area contributed by atoms with Crippen molar-refractivity contribution in [3.8, 4) is 0 Å². The molecule has 0 aliphatic carbocycles. The normalized spacial score (nSPS) is 10.8. The van der Waals surface area contributed by atoms with Crippen molar-refractivity contribution >= 4 is 5.69 Å². The molecule has 0 aliphatic rings. The molecule has 0 atom stereocenters. The number of hydrogen-bond donors (Lipinski definition) is 1. The first-order valence-electron chi connectivity index (χ1n) is 5.41. The number of nitrogens with one attached hydrogen (secondary N) is 1. The highest BCUT2D eigenvalue weighted by Crippen LogP contribution is 2.21. The van der Waals surface area contributed by atoms with Crippen LogP contribution < -0.4 is 5.32 Å². The van der Waals surface area contributed by atoms with Crippen molar-refractivity contribution in [2.24, 2.45) is 7.05 Å². The Balaban J connectivity index is 2.07. The van der Waals surface area contributed by atoms with Gasteiger partial charge in [-0.3, -0.25) is 4.68 Å². The van der Waals surface area contributed by atoms with Crippen LogP contribution in [0.3, 0.4) is 0 Å². The maximum Gasteiger partial charge on any atom is 0.253 e. The van der Waals surface area contributed by atoms with E-state index in [1.54, 1.807) is 24.0 Å². The van der Waals surface area contributed by atoms with E-state index in [2.05, 4.69) is 15.4 Å². The highest BCUT2D eigenvalue weighted by atomic mass is 19.2. The van der Waals surface area contributed by atoms with E-state index < -0.39 is 29.2 Å². The first kappa shape index (κ1) is 13.3. The fraction of sp³-hybridized carbons (Fsp3) is 0.273. The molecule has 102 valence electrons. The van der Waals surface area contributed by atoms with Gasteiger partial charge in [0.1, 0.15) is 5.69 Å². The summed E-state index contributed by atoms with van der Waals surface area (Å²) in [5.74, 6) is -6.45. The lowest BCUT2D eigenvalue weighted by molar-refractivity contribution is 0.410. The van der Waals surface area contributed by atoms with Crippen molar-refractivity contribution in [2.75, 3.05) is 11.9 Å². The van der Waals surface area contributed by atoms with Gasteiger partial charge in [0.15, 0.2) is 0 Å². The first-order valence-corrected chi connectivity index (χ1v) is 5.41. The third-order valence-electron chi connectivity index (χ3n) is 2.45. The summed E-state index contributed by atoms with van der Waals surface area (Å²) in [6.07, 6.45) is 2.06. The van der Waals surface area contributed by atoms with Gasteiger partial charge in [0.2, 0.25) is 11.6 Å². The van der Waals surface area contributed by atoms with Crippen molar-refractivity contribution < 1.29 is 17.6 Å². The Labute approximate surface area is 106 Å². The van der Waals surface area contributed by atoms with Crippen LogP contribution in [-0.2, 0) is 13.5 Å². The average Bonchev–Trinajstić information content (AvgIpc) is 2.77. The molecule has 2 aromatic rings. The second kappa shape index (κ2) is 5.25. The van der Waals surface area contributed by atoms with Crippen LogP contribution in [-0.4, -0.2) is 21.3 Å². The molecule has 2 heterocycles. The highest BCUT2D eigenvalue weighted by Gasteiger charge is 2.20. The molecule has 8 heteroatoms. The summed E-state index contributed by atoms with van der Waals surface area (Å²) in [6.45, 7) is 0.0771. The molecule has 19 heavy (non-hydrogen) atoms. The van der Waals surface area contributed by atoms with E-state index in [4.69, 9.17) is 0 Å². The number of aryl methyl sites for hydroxylation is 1. The van der Waals surface area contributed by atoms with E-state index in [-0.39, 0.29) is 6.54 Å². The summed E-state index contributed by atoms with van der Waals surface area (Å²) in [7, 11) is 1.73. The standard InChI is InChI=1S/C11H10F4N4/c1-19-5-3-6(18-19)2-4-16-9-7(12)10(14)17-11(15)8(9)13/h3,5H,2,4H2,1H3,(H,16,17). The molecular formula is C11H10F4N4. The molecule has 0 radical (unpaired) electrons. The lowest BCUT2D eigenvalue weighted by atomic mass is 10.3. The predicted octanol–water partition coefficient (Wildman–Crippen LogP) is 2.03. The van der Waals surface area contributed by atoms with Crippen molar-refractivity contribution in [3.05, 3.63) is 41.5 Å². The maximum absolute atomic E-state index is 13.2. The van der Waals surface area contributed by atoms with E-state index in [0.717, 1.165) is 0 Å². The zero-order valence-electron chi connectivity index (χ0n) is 9.92. The van der Waals surface area contributed by atoms with Gasteiger partial charge in [-0.15, -0.1) is 0 Å². The molecule has 2 rings (SSSR count). The third kappa shape index (κ3) is 2.83. The van der Waals surface area contributed by atoms with E-state index in [1.165, 1.54) is 0 Å². The van der Waals surface area contributed by atoms with Crippen LogP contribution in [0.25, 0.3) is 0 Å². The Morgan fingerprint density at radius 3 is 2.32 bits per heavy atom. The minimum absolute atomic E-state index is 0.0771. The molecular weight excluding hydrogens is 264 g/mol. The highest BCUT2D eigenvalue weighted by molar-refractivity contribution is 5.45. The fourth-order valence-electron chi connectivity index (χ4n) is 1.55. The number of nitrogens with zero attached hydrogens (tertiary/aromatic N) is 3. The molecule has 2 aromatic heterocycles. The number of anilines is 1. The molecule has 0 saturated carbocycles. The van der Waals surface area contributed by atoms with Gasteiger partial charge in [0.05, 0.1) is 5.69 Å².